The van der Waals surface area contributed by atoms with Gasteiger partial charge in [-0.25, -0.2) is 0 Å². The van der Waals surface area contributed by atoms with Crippen LogP contribution in [-0.2, 0) is 11.2 Å². The van der Waals surface area contributed by atoms with Crippen LogP contribution in [0.2, 0.25) is 0 Å². The minimum Gasteiger partial charge on any atom is -0.409 e. The summed E-state index contributed by atoms with van der Waals surface area (Å²) in [6, 6.07) is 1.90. The molecule has 0 saturated carbocycles. The van der Waals surface area contributed by atoms with E-state index in [9.17, 15) is 4.79 Å². The van der Waals surface area contributed by atoms with Crippen LogP contribution in [0.25, 0.3) is 0 Å². The van der Waals surface area contributed by atoms with Crippen molar-refractivity contribution in [1.29, 1.82) is 0 Å². The summed E-state index contributed by atoms with van der Waals surface area (Å²) < 4.78 is 0. The van der Waals surface area contributed by atoms with Crippen molar-refractivity contribution < 1.29 is 10.0 Å². The molecule has 0 aliphatic carbocycles. The molecule has 1 aromatic heterocycles. The van der Waals surface area contributed by atoms with Gasteiger partial charge in [-0.1, -0.05) is 12.1 Å². The molecule has 1 atom stereocenters. The first-order valence-electron chi connectivity index (χ1n) is 5.32. The normalized spacial score (nSPS) is 15.3. The van der Waals surface area contributed by atoms with Gasteiger partial charge in [-0.2, -0.15) is 11.3 Å². The van der Waals surface area contributed by atoms with E-state index >= 15 is 0 Å². The van der Waals surface area contributed by atoms with Gasteiger partial charge in [0.05, 0.1) is 12.0 Å². The van der Waals surface area contributed by atoms with Gasteiger partial charge < -0.3 is 16.3 Å². The van der Waals surface area contributed by atoms with Crippen LogP contribution in [0.5, 0.6) is 0 Å². The first kappa shape index (κ1) is 13.5. The molecule has 1 unspecified atom stereocenters. The Morgan fingerprint density at radius 3 is 2.88 bits per heavy atom. The molecule has 5 nitrogen and oxygen atoms in total. The van der Waals surface area contributed by atoms with Gasteiger partial charge >= 0.3 is 0 Å². The fraction of sp³-hybridized carbons (Fsp3) is 0.455. The van der Waals surface area contributed by atoms with E-state index in [1.54, 1.807) is 18.3 Å². The number of nitrogens with two attached hydrogens (primary N) is 1. The predicted molar refractivity (Wildman–Crippen MR) is 68.3 cm³/mol. The van der Waals surface area contributed by atoms with E-state index in [1.807, 2.05) is 23.8 Å². The molecule has 17 heavy (non-hydrogen) atoms. The second kappa shape index (κ2) is 5.67. The summed E-state index contributed by atoms with van der Waals surface area (Å²) in [5.41, 5.74) is 5.73. The molecule has 0 aliphatic heterocycles. The third kappa shape index (κ3) is 3.45. The van der Waals surface area contributed by atoms with Crippen LogP contribution in [0.3, 0.4) is 0 Å². The average Bonchev–Trinajstić information content (AvgIpc) is 2.80. The first-order valence-corrected chi connectivity index (χ1v) is 6.26. The molecule has 4 N–H and O–H groups in total. The SMILES string of the molecule is CCC(C)(NC(=O)Cc1ccsc1)/C(N)=N/O. The van der Waals surface area contributed by atoms with Gasteiger partial charge in [-0.3, -0.25) is 4.79 Å². The van der Waals surface area contributed by atoms with Crippen molar-refractivity contribution in [2.24, 2.45) is 10.9 Å². The number of amides is 1. The van der Waals surface area contributed by atoms with Gasteiger partial charge in [0.25, 0.3) is 0 Å². The summed E-state index contributed by atoms with van der Waals surface area (Å²) in [5.74, 6) is -0.127. The summed E-state index contributed by atoms with van der Waals surface area (Å²) in [6.45, 7) is 3.59. The molecule has 1 heterocycles. The molecule has 6 heteroatoms. The third-order valence-corrected chi connectivity index (χ3v) is 3.47. The highest BCUT2D eigenvalue weighted by molar-refractivity contribution is 7.07. The lowest BCUT2D eigenvalue weighted by Crippen LogP contribution is -2.55. The molecule has 0 radical (unpaired) electrons. The second-order valence-corrected chi connectivity index (χ2v) is 4.81. The van der Waals surface area contributed by atoms with E-state index in [0.29, 0.717) is 12.8 Å². The Kier molecular flexibility index (Phi) is 4.51. The fourth-order valence-corrected chi connectivity index (χ4v) is 2.04. The van der Waals surface area contributed by atoms with Crippen LogP contribution in [-0.4, -0.2) is 22.5 Å². The van der Waals surface area contributed by atoms with Crippen molar-refractivity contribution in [3.63, 3.8) is 0 Å². The number of nitrogens with one attached hydrogen (secondary N) is 1. The number of hydrogen-bond acceptors (Lipinski definition) is 4. The number of carbonyl (C=O) groups excluding carboxylic acids is 1. The Labute approximate surface area is 104 Å². The largest absolute Gasteiger partial charge is 0.409 e. The first-order chi connectivity index (χ1) is 8.01. The van der Waals surface area contributed by atoms with Crippen molar-refractivity contribution in [3.05, 3.63) is 22.4 Å². The number of carbonyl (C=O) groups is 1. The number of oxime groups is 1. The van der Waals surface area contributed by atoms with E-state index < -0.39 is 5.54 Å². The Morgan fingerprint density at radius 1 is 1.71 bits per heavy atom. The maximum absolute atomic E-state index is 11.8. The zero-order valence-corrected chi connectivity index (χ0v) is 10.8. The molecule has 0 spiro atoms. The van der Waals surface area contributed by atoms with Crippen molar-refractivity contribution in [3.8, 4) is 0 Å². The van der Waals surface area contributed by atoms with E-state index in [-0.39, 0.29) is 11.7 Å². The smallest absolute Gasteiger partial charge is 0.225 e. The highest BCUT2D eigenvalue weighted by atomic mass is 32.1. The van der Waals surface area contributed by atoms with Gasteiger partial charge in [0.2, 0.25) is 5.91 Å². The monoisotopic (exact) mass is 255 g/mol. The summed E-state index contributed by atoms with van der Waals surface area (Å²) in [7, 11) is 0. The summed E-state index contributed by atoms with van der Waals surface area (Å²) in [6.07, 6.45) is 0.857. The molecule has 1 rings (SSSR count). The summed E-state index contributed by atoms with van der Waals surface area (Å²) in [4.78, 5) is 11.8. The van der Waals surface area contributed by atoms with Gasteiger partial charge in [0.1, 0.15) is 0 Å². The summed E-state index contributed by atoms with van der Waals surface area (Å²) in [5, 5.41) is 18.3. The molecule has 0 aromatic carbocycles. The van der Waals surface area contributed by atoms with Crippen molar-refractivity contribution in [1.82, 2.24) is 5.32 Å². The van der Waals surface area contributed by atoms with Crippen LogP contribution in [0.1, 0.15) is 25.8 Å². The molecule has 0 fully saturated rings. The van der Waals surface area contributed by atoms with E-state index in [1.165, 1.54) is 0 Å². The van der Waals surface area contributed by atoms with Crippen LogP contribution >= 0.6 is 11.3 Å². The molecule has 1 amide bonds. The van der Waals surface area contributed by atoms with Crippen LogP contribution in [0.15, 0.2) is 22.0 Å². The van der Waals surface area contributed by atoms with Crippen LogP contribution in [0.4, 0.5) is 0 Å². The molecule has 0 saturated heterocycles. The third-order valence-electron chi connectivity index (χ3n) is 2.74. The number of amidine groups is 1. The van der Waals surface area contributed by atoms with Gasteiger partial charge in [0.15, 0.2) is 5.84 Å². The van der Waals surface area contributed by atoms with Crippen LogP contribution < -0.4 is 11.1 Å². The lowest BCUT2D eigenvalue weighted by Gasteiger charge is -2.27. The fourth-order valence-electron chi connectivity index (χ4n) is 1.37. The second-order valence-electron chi connectivity index (χ2n) is 4.03. The van der Waals surface area contributed by atoms with Crippen molar-refractivity contribution in [2.45, 2.75) is 32.2 Å². The van der Waals surface area contributed by atoms with Crippen molar-refractivity contribution >= 4 is 23.1 Å². The van der Waals surface area contributed by atoms with Gasteiger partial charge in [0, 0.05) is 0 Å². The van der Waals surface area contributed by atoms with E-state index in [4.69, 9.17) is 10.9 Å². The minimum atomic E-state index is -0.804. The highest BCUT2D eigenvalue weighted by Crippen LogP contribution is 2.11. The summed E-state index contributed by atoms with van der Waals surface area (Å²) >= 11 is 1.55. The highest BCUT2D eigenvalue weighted by Gasteiger charge is 2.29. The number of hydrogen-bond donors (Lipinski definition) is 3. The zero-order chi connectivity index (χ0) is 12.9. The van der Waals surface area contributed by atoms with Crippen molar-refractivity contribution in [2.75, 3.05) is 0 Å². The number of rotatable bonds is 5. The van der Waals surface area contributed by atoms with Gasteiger partial charge in [-0.05, 0) is 35.7 Å². The lowest BCUT2D eigenvalue weighted by molar-refractivity contribution is -0.121. The molecule has 94 valence electrons. The number of nitrogens with zero attached hydrogens (tertiary/aromatic N) is 1. The maximum Gasteiger partial charge on any atom is 0.225 e. The Hall–Kier alpha value is -1.56. The molecule has 1 aromatic rings. The minimum absolute atomic E-state index is 0.0127. The van der Waals surface area contributed by atoms with Crippen LogP contribution in [0, 0.1) is 0 Å². The predicted octanol–water partition coefficient (Wildman–Crippen LogP) is 1.32. The zero-order valence-electron chi connectivity index (χ0n) is 9.93. The molecular formula is C11H17N3O2S. The Morgan fingerprint density at radius 2 is 2.41 bits per heavy atom. The Balaban J connectivity index is 2.66. The average molecular weight is 255 g/mol. The molecule has 0 bridgehead atoms. The van der Waals surface area contributed by atoms with E-state index in [0.717, 1.165) is 5.56 Å². The Bertz CT molecular complexity index is 403. The maximum atomic E-state index is 11.8. The van der Waals surface area contributed by atoms with E-state index in [2.05, 4.69) is 10.5 Å². The lowest BCUT2D eigenvalue weighted by atomic mass is 9.97. The number of thiophene rings is 1. The quantitative estimate of drug-likeness (QED) is 0.321. The molecule has 0 aliphatic rings. The topological polar surface area (TPSA) is 87.7 Å². The van der Waals surface area contributed by atoms with Gasteiger partial charge in [-0.15, -0.1) is 0 Å². The standard InChI is InChI=1S/C11H17N3O2S/c1-3-11(2,10(12)14-16)13-9(15)6-8-4-5-17-7-8/h4-5,7,16H,3,6H2,1-2H3,(H2,12,14)(H,13,15). The molecular weight excluding hydrogens is 238 g/mol.